The second-order valence-electron chi connectivity index (χ2n) is 11.1. The van der Waals surface area contributed by atoms with E-state index in [-0.39, 0.29) is 23.7 Å². The molecule has 42 heavy (non-hydrogen) atoms. The summed E-state index contributed by atoms with van der Waals surface area (Å²) in [5, 5.41) is 6.88. The van der Waals surface area contributed by atoms with Crippen LogP contribution in [0.15, 0.2) is 59.7 Å². The summed E-state index contributed by atoms with van der Waals surface area (Å²) in [6.07, 6.45) is 6.75. The first-order chi connectivity index (χ1) is 20.5. The number of carbonyl (C=O) groups is 1. The topological polar surface area (TPSA) is 112 Å². The third-order valence-electron chi connectivity index (χ3n) is 8.16. The molecule has 220 valence electrons. The Bertz CT molecular complexity index is 1600. The van der Waals surface area contributed by atoms with E-state index in [1.807, 2.05) is 34.9 Å². The normalized spacial score (nSPS) is 20.9. The molecule has 4 aromatic rings. The van der Waals surface area contributed by atoms with Gasteiger partial charge < -0.3 is 20.1 Å². The standard InChI is InChI=1S/C31H35ClN6O4/c1-20-26(14-22(32)15-34-20)30(39)36-23-8-6-21(7-9-23)18-37-27-4-2-3-5-28(27)38(31(37)40)24-10-11-29(35-16-24)42-19-25-17-33-12-13-41-25/h2-5,10-11,14-16,21,23,25,33H,6-9,12-13,17-19H2,1H3,(H,36,39)/t21-,23-,25-/m1/s1. The Labute approximate surface area is 249 Å². The van der Waals surface area contributed by atoms with Gasteiger partial charge in [0.05, 0.1) is 45.8 Å². The number of aryl methyl sites for hydroxylation is 1. The summed E-state index contributed by atoms with van der Waals surface area (Å²) in [7, 11) is 0. The number of benzene rings is 1. The Hall–Kier alpha value is -3.73. The summed E-state index contributed by atoms with van der Waals surface area (Å²) >= 11 is 6.05. The molecule has 10 nitrogen and oxygen atoms in total. The molecule has 1 aliphatic heterocycles. The van der Waals surface area contributed by atoms with Crippen LogP contribution < -0.4 is 21.1 Å². The largest absolute Gasteiger partial charge is 0.475 e. The first-order valence-corrected chi connectivity index (χ1v) is 14.9. The Morgan fingerprint density at radius 2 is 1.93 bits per heavy atom. The molecule has 4 heterocycles. The second-order valence-corrected chi connectivity index (χ2v) is 11.5. The molecule has 0 unspecified atom stereocenters. The quantitative estimate of drug-likeness (QED) is 0.320. The first kappa shape index (κ1) is 28.4. The minimum Gasteiger partial charge on any atom is -0.475 e. The van der Waals surface area contributed by atoms with E-state index in [4.69, 9.17) is 21.1 Å². The van der Waals surface area contributed by atoms with Crippen LogP contribution in [0.1, 0.15) is 41.7 Å². The minimum absolute atomic E-state index is 0.00313. The number of hydrogen-bond donors (Lipinski definition) is 2. The van der Waals surface area contributed by atoms with Crippen LogP contribution >= 0.6 is 11.6 Å². The summed E-state index contributed by atoms with van der Waals surface area (Å²) in [4.78, 5) is 35.3. The molecule has 1 aliphatic carbocycles. The van der Waals surface area contributed by atoms with E-state index in [1.165, 1.54) is 0 Å². The number of pyridine rings is 2. The number of aromatic nitrogens is 4. The van der Waals surface area contributed by atoms with Crippen LogP contribution in [0.4, 0.5) is 0 Å². The average molecular weight is 591 g/mol. The number of rotatable bonds is 8. The van der Waals surface area contributed by atoms with Crippen molar-refractivity contribution >= 4 is 28.5 Å². The number of fused-ring (bicyclic) bond motifs is 1. The van der Waals surface area contributed by atoms with Gasteiger partial charge in [-0.05, 0) is 62.8 Å². The summed E-state index contributed by atoms with van der Waals surface area (Å²) in [6, 6.07) is 13.3. The molecular formula is C31H35ClN6O4. The third-order valence-corrected chi connectivity index (χ3v) is 8.36. The Morgan fingerprint density at radius 1 is 1.12 bits per heavy atom. The highest BCUT2D eigenvalue weighted by atomic mass is 35.5. The van der Waals surface area contributed by atoms with Crippen molar-refractivity contribution in [1.82, 2.24) is 29.7 Å². The van der Waals surface area contributed by atoms with Gasteiger partial charge in [-0.1, -0.05) is 23.7 Å². The maximum absolute atomic E-state index is 13.8. The third kappa shape index (κ3) is 6.21. The Morgan fingerprint density at radius 3 is 2.67 bits per heavy atom. The van der Waals surface area contributed by atoms with Crippen molar-refractivity contribution in [2.75, 3.05) is 26.3 Å². The van der Waals surface area contributed by atoms with Crippen LogP contribution in [0.3, 0.4) is 0 Å². The number of morpholine rings is 1. The number of carbonyl (C=O) groups excluding carboxylic acids is 1. The van der Waals surface area contributed by atoms with Gasteiger partial charge in [0.2, 0.25) is 5.88 Å². The predicted molar refractivity (Wildman–Crippen MR) is 161 cm³/mol. The highest BCUT2D eigenvalue weighted by molar-refractivity contribution is 6.30. The number of ether oxygens (including phenoxy) is 2. The zero-order valence-corrected chi connectivity index (χ0v) is 24.3. The molecule has 2 fully saturated rings. The highest BCUT2D eigenvalue weighted by Gasteiger charge is 2.26. The number of imidazole rings is 1. The van der Waals surface area contributed by atoms with E-state index < -0.39 is 0 Å². The van der Waals surface area contributed by atoms with E-state index in [9.17, 15) is 9.59 Å². The lowest BCUT2D eigenvalue weighted by Crippen LogP contribution is -2.41. The summed E-state index contributed by atoms with van der Waals surface area (Å²) < 4.78 is 15.1. The van der Waals surface area contributed by atoms with Gasteiger partial charge in [-0.3, -0.25) is 18.9 Å². The van der Waals surface area contributed by atoms with Gasteiger partial charge >= 0.3 is 5.69 Å². The van der Waals surface area contributed by atoms with Crippen LogP contribution in [0.2, 0.25) is 5.02 Å². The molecule has 2 N–H and O–H groups in total. The molecule has 11 heteroatoms. The second kappa shape index (κ2) is 12.6. The molecule has 1 saturated heterocycles. The molecule has 3 aromatic heterocycles. The van der Waals surface area contributed by atoms with Gasteiger partial charge in [0.25, 0.3) is 5.91 Å². The fourth-order valence-electron chi connectivity index (χ4n) is 5.88. The van der Waals surface area contributed by atoms with Crippen molar-refractivity contribution in [3.63, 3.8) is 0 Å². The van der Waals surface area contributed by atoms with Crippen molar-refractivity contribution < 1.29 is 14.3 Å². The summed E-state index contributed by atoms with van der Waals surface area (Å²) in [5.74, 6) is 0.681. The number of amides is 1. The highest BCUT2D eigenvalue weighted by Crippen LogP contribution is 2.28. The van der Waals surface area contributed by atoms with Crippen LogP contribution in [-0.2, 0) is 11.3 Å². The maximum atomic E-state index is 13.8. The van der Waals surface area contributed by atoms with Crippen LogP contribution in [-0.4, -0.2) is 63.5 Å². The molecule has 0 spiro atoms. The first-order valence-electron chi connectivity index (χ1n) is 14.5. The average Bonchev–Trinajstić information content (AvgIpc) is 3.29. The zero-order chi connectivity index (χ0) is 29.1. The van der Waals surface area contributed by atoms with E-state index >= 15 is 0 Å². The van der Waals surface area contributed by atoms with Crippen LogP contribution in [0.25, 0.3) is 16.7 Å². The van der Waals surface area contributed by atoms with Gasteiger partial charge in [-0.15, -0.1) is 0 Å². The van der Waals surface area contributed by atoms with E-state index in [0.29, 0.717) is 53.5 Å². The molecular weight excluding hydrogens is 556 g/mol. The predicted octanol–water partition coefficient (Wildman–Crippen LogP) is 3.90. The fourth-order valence-corrected chi connectivity index (χ4v) is 6.04. The summed E-state index contributed by atoms with van der Waals surface area (Å²) in [6.45, 7) is 5.13. The van der Waals surface area contributed by atoms with Gasteiger partial charge in [0.1, 0.15) is 12.7 Å². The van der Waals surface area contributed by atoms with Crippen LogP contribution in [0.5, 0.6) is 5.88 Å². The molecule has 1 atom stereocenters. The van der Waals surface area contributed by atoms with Crippen molar-refractivity contribution in [2.24, 2.45) is 5.92 Å². The molecule has 2 aliphatic rings. The lowest BCUT2D eigenvalue weighted by atomic mass is 9.85. The van der Waals surface area contributed by atoms with E-state index in [2.05, 4.69) is 20.6 Å². The van der Waals surface area contributed by atoms with Gasteiger partial charge in [0.15, 0.2) is 0 Å². The smallest absolute Gasteiger partial charge is 0.333 e. The van der Waals surface area contributed by atoms with Crippen LogP contribution in [0, 0.1) is 12.8 Å². The van der Waals surface area contributed by atoms with Crippen molar-refractivity contribution in [2.45, 2.75) is 51.3 Å². The molecule has 0 radical (unpaired) electrons. The molecule has 0 bridgehead atoms. The fraction of sp³-hybridized carbons (Fsp3) is 0.419. The van der Waals surface area contributed by atoms with Crippen molar-refractivity contribution in [3.8, 4) is 11.6 Å². The number of halogens is 1. The Kier molecular flexibility index (Phi) is 8.55. The zero-order valence-electron chi connectivity index (χ0n) is 23.6. The maximum Gasteiger partial charge on any atom is 0.333 e. The molecule has 1 amide bonds. The lowest BCUT2D eigenvalue weighted by Gasteiger charge is -2.29. The lowest BCUT2D eigenvalue weighted by molar-refractivity contribution is -0.000739. The van der Waals surface area contributed by atoms with Gasteiger partial charge in [-0.25, -0.2) is 9.78 Å². The van der Waals surface area contributed by atoms with Crippen molar-refractivity contribution in [3.05, 3.63) is 81.6 Å². The summed E-state index contributed by atoms with van der Waals surface area (Å²) in [5.41, 5.74) is 3.50. The Balaban J connectivity index is 1.12. The van der Waals surface area contributed by atoms with Gasteiger partial charge in [-0.2, -0.15) is 0 Å². The van der Waals surface area contributed by atoms with Gasteiger partial charge in [0, 0.05) is 37.9 Å². The van der Waals surface area contributed by atoms with E-state index in [0.717, 1.165) is 49.8 Å². The number of hydrogen-bond acceptors (Lipinski definition) is 7. The number of para-hydroxylation sites is 2. The molecule has 6 rings (SSSR count). The molecule has 1 saturated carbocycles. The minimum atomic E-state index is -0.144. The molecule has 1 aromatic carbocycles. The monoisotopic (exact) mass is 590 g/mol. The number of nitrogens with one attached hydrogen (secondary N) is 2. The number of nitrogens with zero attached hydrogens (tertiary/aromatic N) is 4. The SMILES string of the molecule is Cc1ncc(Cl)cc1C(=O)N[C@H]1CC[C@H](Cn2c(=O)n(-c3ccc(OC[C@H]4CNCCO4)nc3)c3ccccc32)CC1. The van der Waals surface area contributed by atoms with E-state index in [1.54, 1.807) is 36.0 Å². The van der Waals surface area contributed by atoms with Crippen molar-refractivity contribution in [1.29, 1.82) is 0 Å².